The zero-order valence-electron chi connectivity index (χ0n) is 11.5. The van der Waals surface area contributed by atoms with E-state index in [2.05, 4.69) is 15.4 Å². The minimum absolute atomic E-state index is 0.0617. The van der Waals surface area contributed by atoms with Crippen LogP contribution in [0.5, 0.6) is 0 Å². The molecule has 106 valence electrons. The van der Waals surface area contributed by atoms with Gasteiger partial charge in [-0.1, -0.05) is 12.1 Å². The second-order valence-electron chi connectivity index (χ2n) is 4.39. The van der Waals surface area contributed by atoms with Crippen LogP contribution in [0.2, 0.25) is 0 Å². The van der Waals surface area contributed by atoms with E-state index in [1.54, 1.807) is 18.1 Å². The first-order valence-electron chi connectivity index (χ1n) is 6.48. The fourth-order valence-electron chi connectivity index (χ4n) is 1.78. The number of carbonyl (C=O) groups excluding carboxylic acids is 1. The van der Waals surface area contributed by atoms with Crippen LogP contribution < -0.4 is 5.32 Å². The maximum atomic E-state index is 11.9. The summed E-state index contributed by atoms with van der Waals surface area (Å²) in [7, 11) is 1.65. The number of nitrogens with zero attached hydrogens (tertiary/aromatic N) is 3. The van der Waals surface area contributed by atoms with Crippen molar-refractivity contribution in [2.24, 2.45) is 0 Å². The van der Waals surface area contributed by atoms with Crippen LogP contribution >= 0.6 is 0 Å². The van der Waals surface area contributed by atoms with E-state index >= 15 is 0 Å². The van der Waals surface area contributed by atoms with Gasteiger partial charge in [0, 0.05) is 25.8 Å². The number of benzene rings is 1. The van der Waals surface area contributed by atoms with Gasteiger partial charge in [0.1, 0.15) is 12.7 Å². The van der Waals surface area contributed by atoms with Crippen LogP contribution in [0, 0.1) is 0 Å². The number of rotatable bonds is 7. The predicted octanol–water partition coefficient (Wildman–Crippen LogP) is 1.09. The van der Waals surface area contributed by atoms with Gasteiger partial charge >= 0.3 is 0 Å². The molecule has 20 heavy (non-hydrogen) atoms. The summed E-state index contributed by atoms with van der Waals surface area (Å²) >= 11 is 0. The number of carbonyl (C=O) groups is 1. The summed E-state index contributed by atoms with van der Waals surface area (Å²) < 4.78 is 6.67. The highest BCUT2D eigenvalue weighted by Crippen LogP contribution is 2.05. The fraction of sp³-hybridized carbons (Fsp3) is 0.357. The molecule has 0 unspecified atom stereocenters. The van der Waals surface area contributed by atoms with E-state index in [0.717, 1.165) is 12.0 Å². The van der Waals surface area contributed by atoms with Crippen molar-refractivity contribution in [3.8, 4) is 0 Å². The Bertz CT molecular complexity index is 523. The lowest BCUT2D eigenvalue weighted by Gasteiger charge is -2.06. The molecule has 6 heteroatoms. The van der Waals surface area contributed by atoms with Crippen molar-refractivity contribution in [2.75, 3.05) is 20.3 Å². The number of hydrogen-bond donors (Lipinski definition) is 1. The van der Waals surface area contributed by atoms with Crippen molar-refractivity contribution in [2.45, 2.75) is 13.0 Å². The number of aromatic nitrogens is 3. The van der Waals surface area contributed by atoms with E-state index in [1.807, 2.05) is 24.3 Å². The topological polar surface area (TPSA) is 69.0 Å². The van der Waals surface area contributed by atoms with Gasteiger partial charge in [0.15, 0.2) is 0 Å². The van der Waals surface area contributed by atoms with Crippen molar-refractivity contribution in [3.05, 3.63) is 48.0 Å². The average molecular weight is 274 g/mol. The number of nitrogens with one attached hydrogen (secondary N) is 1. The summed E-state index contributed by atoms with van der Waals surface area (Å²) in [6.07, 6.45) is 3.98. The van der Waals surface area contributed by atoms with Crippen LogP contribution in [0.4, 0.5) is 0 Å². The normalized spacial score (nSPS) is 10.4. The van der Waals surface area contributed by atoms with Gasteiger partial charge in [-0.25, -0.2) is 9.67 Å². The molecule has 0 atom stereocenters. The molecular weight excluding hydrogens is 256 g/mol. The Kier molecular flexibility index (Phi) is 5.25. The summed E-state index contributed by atoms with van der Waals surface area (Å²) in [6, 6.07) is 7.48. The maximum Gasteiger partial charge on any atom is 0.251 e. The molecule has 0 aliphatic carbocycles. The quantitative estimate of drug-likeness (QED) is 0.767. The summed E-state index contributed by atoms with van der Waals surface area (Å²) in [5.74, 6) is -0.0617. The Labute approximate surface area is 117 Å². The van der Waals surface area contributed by atoms with Crippen molar-refractivity contribution in [1.82, 2.24) is 20.1 Å². The van der Waals surface area contributed by atoms with Crippen LogP contribution in [0.3, 0.4) is 0 Å². The highest BCUT2D eigenvalue weighted by Gasteiger charge is 2.04. The molecule has 1 heterocycles. The van der Waals surface area contributed by atoms with E-state index in [1.165, 1.54) is 6.33 Å². The number of methoxy groups -OCH3 is 1. The molecular formula is C14H18N4O2. The van der Waals surface area contributed by atoms with Crippen LogP contribution in [-0.2, 0) is 11.3 Å². The van der Waals surface area contributed by atoms with Crippen LogP contribution in [0.1, 0.15) is 22.3 Å². The Morgan fingerprint density at radius 1 is 1.35 bits per heavy atom. The van der Waals surface area contributed by atoms with E-state index in [-0.39, 0.29) is 5.91 Å². The summed E-state index contributed by atoms with van der Waals surface area (Å²) in [6.45, 7) is 1.92. The molecule has 0 radical (unpaired) electrons. The van der Waals surface area contributed by atoms with Crippen LogP contribution in [0.15, 0.2) is 36.9 Å². The summed E-state index contributed by atoms with van der Waals surface area (Å²) in [4.78, 5) is 15.7. The third kappa shape index (κ3) is 4.17. The molecule has 1 amide bonds. The van der Waals surface area contributed by atoms with Gasteiger partial charge in [0.25, 0.3) is 5.91 Å². The molecule has 0 aliphatic rings. The zero-order chi connectivity index (χ0) is 14.2. The third-order valence-corrected chi connectivity index (χ3v) is 2.84. The molecule has 6 nitrogen and oxygen atoms in total. The summed E-state index contributed by atoms with van der Waals surface area (Å²) in [5.41, 5.74) is 1.73. The number of ether oxygens (including phenoxy) is 1. The molecule has 2 rings (SSSR count). The minimum Gasteiger partial charge on any atom is -0.385 e. The molecule has 1 aromatic heterocycles. The molecule has 2 aromatic rings. The van der Waals surface area contributed by atoms with E-state index < -0.39 is 0 Å². The standard InChI is InChI=1S/C14H18N4O2/c1-20-8-2-7-16-14(19)13-5-3-12(4-6-13)9-18-11-15-10-17-18/h3-6,10-11H,2,7-9H2,1H3,(H,16,19). The van der Waals surface area contributed by atoms with Gasteiger partial charge in [-0.3, -0.25) is 4.79 Å². The Hall–Kier alpha value is -2.21. The molecule has 1 aromatic carbocycles. The van der Waals surface area contributed by atoms with Gasteiger partial charge in [0.05, 0.1) is 6.54 Å². The minimum atomic E-state index is -0.0617. The van der Waals surface area contributed by atoms with Gasteiger partial charge in [-0.2, -0.15) is 5.10 Å². The van der Waals surface area contributed by atoms with E-state index in [0.29, 0.717) is 25.3 Å². The molecule has 0 fully saturated rings. The van der Waals surface area contributed by atoms with Gasteiger partial charge in [-0.15, -0.1) is 0 Å². The Morgan fingerprint density at radius 2 is 2.15 bits per heavy atom. The molecule has 1 N–H and O–H groups in total. The molecule has 0 spiro atoms. The summed E-state index contributed by atoms with van der Waals surface area (Å²) in [5, 5.41) is 6.89. The zero-order valence-corrected chi connectivity index (χ0v) is 11.5. The second-order valence-corrected chi connectivity index (χ2v) is 4.39. The van der Waals surface area contributed by atoms with Crippen molar-refractivity contribution in [3.63, 3.8) is 0 Å². The second kappa shape index (κ2) is 7.40. The van der Waals surface area contributed by atoms with Gasteiger partial charge in [0.2, 0.25) is 0 Å². The highest BCUT2D eigenvalue weighted by molar-refractivity contribution is 5.94. The van der Waals surface area contributed by atoms with Crippen molar-refractivity contribution >= 4 is 5.91 Å². The molecule has 0 bridgehead atoms. The SMILES string of the molecule is COCCCNC(=O)c1ccc(Cn2cncn2)cc1. The third-order valence-electron chi connectivity index (χ3n) is 2.84. The van der Waals surface area contributed by atoms with Crippen molar-refractivity contribution < 1.29 is 9.53 Å². The lowest BCUT2D eigenvalue weighted by atomic mass is 10.1. The monoisotopic (exact) mass is 274 g/mol. The van der Waals surface area contributed by atoms with E-state index in [9.17, 15) is 4.79 Å². The number of amides is 1. The fourth-order valence-corrected chi connectivity index (χ4v) is 1.78. The van der Waals surface area contributed by atoms with Crippen LogP contribution in [-0.4, -0.2) is 40.9 Å². The average Bonchev–Trinajstić information content (AvgIpc) is 2.97. The first kappa shape index (κ1) is 14.2. The smallest absolute Gasteiger partial charge is 0.251 e. The predicted molar refractivity (Wildman–Crippen MR) is 74.4 cm³/mol. The van der Waals surface area contributed by atoms with Crippen molar-refractivity contribution in [1.29, 1.82) is 0 Å². The van der Waals surface area contributed by atoms with Gasteiger partial charge in [-0.05, 0) is 24.1 Å². The van der Waals surface area contributed by atoms with E-state index in [4.69, 9.17) is 4.74 Å². The van der Waals surface area contributed by atoms with Crippen LogP contribution in [0.25, 0.3) is 0 Å². The molecule has 0 saturated carbocycles. The lowest BCUT2D eigenvalue weighted by Crippen LogP contribution is -2.25. The lowest BCUT2D eigenvalue weighted by molar-refractivity contribution is 0.0948. The Balaban J connectivity index is 1.85. The first-order chi connectivity index (χ1) is 9.79. The number of hydrogen-bond acceptors (Lipinski definition) is 4. The van der Waals surface area contributed by atoms with Gasteiger partial charge < -0.3 is 10.1 Å². The molecule has 0 aliphatic heterocycles. The first-order valence-corrected chi connectivity index (χ1v) is 6.48. The maximum absolute atomic E-state index is 11.9. The largest absolute Gasteiger partial charge is 0.385 e. The Morgan fingerprint density at radius 3 is 2.80 bits per heavy atom. The molecule has 0 saturated heterocycles. The highest BCUT2D eigenvalue weighted by atomic mass is 16.5.